The van der Waals surface area contributed by atoms with Crippen LogP contribution in [0.3, 0.4) is 0 Å². The van der Waals surface area contributed by atoms with Gasteiger partial charge in [0.05, 0.1) is 0 Å². The van der Waals surface area contributed by atoms with Gasteiger partial charge in [-0.15, -0.1) is 0 Å². The van der Waals surface area contributed by atoms with Crippen LogP contribution in [0, 0.1) is 0 Å². The minimum Gasteiger partial charge on any atom is -0.207 e. The Balaban J connectivity index is 0.000000223. The molecule has 2 aromatic rings. The number of aryl methyl sites for hydroxylation is 1. The molecule has 25 heavy (non-hydrogen) atoms. The molecule has 0 spiro atoms. The summed E-state index contributed by atoms with van der Waals surface area (Å²) in [6.07, 6.45) is 16.6. The van der Waals surface area contributed by atoms with Gasteiger partial charge in [0, 0.05) is 5.56 Å². The van der Waals surface area contributed by atoms with Crippen molar-refractivity contribution < 1.29 is 4.39 Å². The summed E-state index contributed by atoms with van der Waals surface area (Å²) < 4.78 is 13.9. The molecule has 0 unspecified atom stereocenters. The van der Waals surface area contributed by atoms with Gasteiger partial charge in [0.15, 0.2) is 0 Å². The molecule has 0 aliphatic heterocycles. The second-order valence-electron chi connectivity index (χ2n) is 6.80. The van der Waals surface area contributed by atoms with Crippen LogP contribution in [0.15, 0.2) is 66.8 Å². The van der Waals surface area contributed by atoms with Crippen LogP contribution in [0.2, 0.25) is 0 Å². The standard InChI is InChI=1S/C18H15F.C6H8/c19-18-7-3-6-14-16-9-8-12-4-1-2-5-13(12)15(16)10-11-17(14)18;1-2-4-6-5-3-1/h1-2,4-5,7,10-11H,3,6,8-9H2;1-4H,5-6H2. The van der Waals surface area contributed by atoms with E-state index < -0.39 is 0 Å². The van der Waals surface area contributed by atoms with Gasteiger partial charge >= 0.3 is 0 Å². The molecule has 0 fully saturated rings. The smallest absolute Gasteiger partial charge is 0.126 e. The van der Waals surface area contributed by atoms with Crippen molar-refractivity contribution in [1.82, 2.24) is 0 Å². The highest BCUT2D eigenvalue weighted by Gasteiger charge is 2.22. The molecule has 1 heteroatoms. The van der Waals surface area contributed by atoms with E-state index >= 15 is 0 Å². The first kappa shape index (κ1) is 16.1. The summed E-state index contributed by atoms with van der Waals surface area (Å²) in [7, 11) is 0. The molecular weight excluding hydrogens is 307 g/mol. The third kappa shape index (κ3) is 3.24. The predicted octanol–water partition coefficient (Wildman–Crippen LogP) is 6.60. The maximum absolute atomic E-state index is 13.9. The largest absolute Gasteiger partial charge is 0.207 e. The van der Waals surface area contributed by atoms with Crippen molar-refractivity contribution in [3.8, 4) is 11.1 Å². The zero-order valence-corrected chi connectivity index (χ0v) is 14.5. The molecule has 0 saturated heterocycles. The Morgan fingerprint density at radius 1 is 0.640 bits per heavy atom. The van der Waals surface area contributed by atoms with Crippen LogP contribution in [0.4, 0.5) is 4.39 Å². The van der Waals surface area contributed by atoms with Crippen molar-refractivity contribution in [2.75, 3.05) is 0 Å². The normalized spacial score (nSPS) is 16.8. The molecule has 5 rings (SSSR count). The first-order valence-electron chi connectivity index (χ1n) is 9.25. The second kappa shape index (κ2) is 7.23. The quantitative estimate of drug-likeness (QED) is 0.510. The Bertz CT molecular complexity index is 856. The summed E-state index contributed by atoms with van der Waals surface area (Å²) in [4.78, 5) is 0. The van der Waals surface area contributed by atoms with Crippen LogP contribution in [0.1, 0.15) is 41.5 Å². The highest BCUT2D eigenvalue weighted by molar-refractivity contribution is 5.78. The second-order valence-corrected chi connectivity index (χ2v) is 6.80. The predicted molar refractivity (Wildman–Crippen MR) is 104 cm³/mol. The summed E-state index contributed by atoms with van der Waals surface area (Å²) in [5.74, 6) is -0.0390. The van der Waals surface area contributed by atoms with Crippen molar-refractivity contribution in [3.63, 3.8) is 0 Å². The van der Waals surface area contributed by atoms with E-state index in [-0.39, 0.29) is 5.83 Å². The molecule has 0 atom stereocenters. The zero-order chi connectivity index (χ0) is 17.1. The number of allylic oxidation sites excluding steroid dienone is 5. The van der Waals surface area contributed by atoms with Gasteiger partial charge in [-0.3, -0.25) is 0 Å². The number of hydrogen-bond acceptors (Lipinski definition) is 0. The van der Waals surface area contributed by atoms with Crippen LogP contribution >= 0.6 is 0 Å². The zero-order valence-electron chi connectivity index (χ0n) is 14.5. The maximum atomic E-state index is 13.9. The maximum Gasteiger partial charge on any atom is 0.126 e. The lowest BCUT2D eigenvalue weighted by Crippen LogP contribution is -2.10. The molecule has 0 amide bonds. The molecule has 0 nitrogen and oxygen atoms in total. The third-order valence-corrected chi connectivity index (χ3v) is 5.24. The van der Waals surface area contributed by atoms with Crippen LogP contribution < -0.4 is 0 Å². The van der Waals surface area contributed by atoms with Crippen molar-refractivity contribution in [3.05, 3.63) is 89.0 Å². The van der Waals surface area contributed by atoms with E-state index in [4.69, 9.17) is 0 Å². The van der Waals surface area contributed by atoms with E-state index in [1.54, 1.807) is 6.08 Å². The average Bonchev–Trinajstić information content (AvgIpc) is 2.69. The molecule has 0 radical (unpaired) electrons. The fourth-order valence-electron chi connectivity index (χ4n) is 4.00. The van der Waals surface area contributed by atoms with E-state index in [1.807, 2.05) is 6.07 Å². The summed E-state index contributed by atoms with van der Waals surface area (Å²) in [6, 6.07) is 12.7. The van der Waals surface area contributed by atoms with Crippen molar-refractivity contribution in [2.24, 2.45) is 0 Å². The van der Waals surface area contributed by atoms with E-state index in [9.17, 15) is 4.39 Å². The van der Waals surface area contributed by atoms with Crippen LogP contribution in [0.25, 0.3) is 17.0 Å². The number of fused-ring (bicyclic) bond motifs is 5. The Labute approximate surface area is 149 Å². The lowest BCUT2D eigenvalue weighted by atomic mass is 9.79. The van der Waals surface area contributed by atoms with Gasteiger partial charge in [-0.2, -0.15) is 0 Å². The lowest BCUT2D eigenvalue weighted by Gasteiger charge is -2.25. The molecule has 2 aromatic carbocycles. The van der Waals surface area contributed by atoms with Gasteiger partial charge < -0.3 is 0 Å². The van der Waals surface area contributed by atoms with Crippen molar-refractivity contribution in [2.45, 2.75) is 38.5 Å². The van der Waals surface area contributed by atoms with Gasteiger partial charge in [-0.25, -0.2) is 4.39 Å². The van der Waals surface area contributed by atoms with Gasteiger partial charge in [0.2, 0.25) is 0 Å². The molecule has 0 N–H and O–H groups in total. The average molecular weight is 330 g/mol. The van der Waals surface area contributed by atoms with Gasteiger partial charge in [0.25, 0.3) is 0 Å². The van der Waals surface area contributed by atoms with Crippen molar-refractivity contribution >= 4 is 5.83 Å². The summed E-state index contributed by atoms with van der Waals surface area (Å²) in [5, 5.41) is 0. The molecule has 0 heterocycles. The summed E-state index contributed by atoms with van der Waals surface area (Å²) in [5.41, 5.74) is 7.51. The Kier molecular flexibility index (Phi) is 4.65. The first-order chi connectivity index (χ1) is 12.3. The Morgan fingerprint density at radius 2 is 1.36 bits per heavy atom. The minimum absolute atomic E-state index is 0.0390. The third-order valence-electron chi connectivity index (χ3n) is 5.24. The lowest BCUT2D eigenvalue weighted by molar-refractivity contribution is 0.734. The van der Waals surface area contributed by atoms with Crippen LogP contribution in [-0.2, 0) is 19.3 Å². The number of benzene rings is 2. The summed E-state index contributed by atoms with van der Waals surface area (Å²) >= 11 is 0. The molecule has 0 saturated carbocycles. The molecule has 3 aliphatic carbocycles. The number of halogens is 1. The molecular formula is C24H23F. The highest BCUT2D eigenvalue weighted by atomic mass is 19.1. The molecule has 126 valence electrons. The van der Waals surface area contributed by atoms with Gasteiger partial charge in [-0.1, -0.05) is 60.7 Å². The Morgan fingerprint density at radius 3 is 2.12 bits per heavy atom. The molecule has 3 aliphatic rings. The van der Waals surface area contributed by atoms with E-state index in [0.717, 1.165) is 31.2 Å². The van der Waals surface area contributed by atoms with E-state index in [2.05, 4.69) is 54.6 Å². The van der Waals surface area contributed by atoms with E-state index in [0.29, 0.717) is 0 Å². The van der Waals surface area contributed by atoms with Gasteiger partial charge in [-0.05, 0) is 72.4 Å². The molecule has 0 aromatic heterocycles. The highest BCUT2D eigenvalue weighted by Crippen LogP contribution is 2.40. The fourth-order valence-corrected chi connectivity index (χ4v) is 4.00. The van der Waals surface area contributed by atoms with Crippen molar-refractivity contribution in [1.29, 1.82) is 0 Å². The SMILES string of the molecule is C1=CCCC=C1.FC1=CCCc2c1ccc1c2CCc2ccccc2-1. The first-order valence-corrected chi connectivity index (χ1v) is 9.25. The van der Waals surface area contributed by atoms with E-state index in [1.165, 1.54) is 40.7 Å². The van der Waals surface area contributed by atoms with Crippen LogP contribution in [-0.4, -0.2) is 0 Å². The number of rotatable bonds is 0. The number of hydrogen-bond donors (Lipinski definition) is 0. The minimum atomic E-state index is -0.0390. The monoisotopic (exact) mass is 330 g/mol. The van der Waals surface area contributed by atoms with Gasteiger partial charge in [0.1, 0.15) is 5.83 Å². The molecule has 0 bridgehead atoms. The fraction of sp³-hybridized carbons (Fsp3) is 0.250. The van der Waals surface area contributed by atoms with Crippen LogP contribution in [0.5, 0.6) is 0 Å². The topological polar surface area (TPSA) is 0 Å². The Hall–Kier alpha value is -2.41. The summed E-state index contributed by atoms with van der Waals surface area (Å²) in [6.45, 7) is 0.